The highest BCUT2D eigenvalue weighted by Crippen LogP contribution is 2.22. The second kappa shape index (κ2) is 7.40. The van der Waals surface area contributed by atoms with E-state index >= 15 is 0 Å². The monoisotopic (exact) mass is 391 g/mol. The van der Waals surface area contributed by atoms with Crippen molar-refractivity contribution < 1.29 is 12.8 Å². The van der Waals surface area contributed by atoms with Gasteiger partial charge in [0.05, 0.1) is 4.90 Å². The van der Waals surface area contributed by atoms with Gasteiger partial charge in [-0.2, -0.15) is 4.31 Å². The zero-order valence-corrected chi connectivity index (χ0v) is 15.8. The van der Waals surface area contributed by atoms with E-state index in [1.165, 1.54) is 41.4 Å². The first kappa shape index (κ1) is 18.1. The van der Waals surface area contributed by atoms with Gasteiger partial charge >= 0.3 is 0 Å². The fourth-order valence-corrected chi connectivity index (χ4v) is 4.94. The van der Waals surface area contributed by atoms with Crippen LogP contribution in [0.25, 0.3) is 0 Å². The van der Waals surface area contributed by atoms with Gasteiger partial charge in [-0.05, 0) is 49.2 Å². The molecule has 27 heavy (non-hydrogen) atoms. The molecule has 0 saturated carbocycles. The third-order valence-corrected chi connectivity index (χ3v) is 6.99. The summed E-state index contributed by atoms with van der Waals surface area (Å²) in [6, 6.07) is 8.88. The summed E-state index contributed by atoms with van der Waals surface area (Å²) in [4.78, 5) is 4.38. The average Bonchev–Trinajstić information content (AvgIpc) is 3.23. The van der Waals surface area contributed by atoms with Crippen molar-refractivity contribution in [2.45, 2.75) is 17.7 Å². The number of halogens is 1. The number of piperazine rings is 1. The molecular formula is C18H22FN5O2S. The minimum Gasteiger partial charge on any atom is -0.355 e. The van der Waals surface area contributed by atoms with Gasteiger partial charge in [0, 0.05) is 39.3 Å². The molecule has 2 aromatic rings. The van der Waals surface area contributed by atoms with Crippen LogP contribution in [0.2, 0.25) is 0 Å². The second-order valence-electron chi connectivity index (χ2n) is 6.79. The maximum atomic E-state index is 13.1. The van der Waals surface area contributed by atoms with Crippen LogP contribution in [0.4, 0.5) is 16.0 Å². The van der Waals surface area contributed by atoms with Crippen molar-refractivity contribution in [2.75, 3.05) is 49.1 Å². The molecule has 0 amide bonds. The van der Waals surface area contributed by atoms with Crippen LogP contribution in [0.3, 0.4) is 0 Å². The Balaban J connectivity index is 1.40. The van der Waals surface area contributed by atoms with E-state index in [-0.39, 0.29) is 4.90 Å². The number of aromatic nitrogens is 2. The van der Waals surface area contributed by atoms with Crippen LogP contribution < -0.4 is 9.80 Å². The zero-order chi connectivity index (χ0) is 18.9. The summed E-state index contributed by atoms with van der Waals surface area (Å²) >= 11 is 0. The van der Waals surface area contributed by atoms with E-state index in [1.807, 2.05) is 17.0 Å². The molecule has 0 unspecified atom stereocenters. The molecule has 2 saturated heterocycles. The molecule has 1 aromatic heterocycles. The number of sulfonamides is 1. The minimum absolute atomic E-state index is 0.118. The van der Waals surface area contributed by atoms with Crippen LogP contribution >= 0.6 is 0 Å². The first-order valence-electron chi connectivity index (χ1n) is 9.13. The van der Waals surface area contributed by atoms with Crippen molar-refractivity contribution in [3.05, 3.63) is 42.2 Å². The van der Waals surface area contributed by atoms with Crippen molar-refractivity contribution in [1.82, 2.24) is 14.5 Å². The summed E-state index contributed by atoms with van der Waals surface area (Å²) in [6.45, 7) is 3.84. The molecule has 0 bridgehead atoms. The lowest BCUT2D eigenvalue weighted by atomic mass is 10.3. The fraction of sp³-hybridized carbons (Fsp3) is 0.444. The summed E-state index contributed by atoms with van der Waals surface area (Å²) in [5.41, 5.74) is 0. The van der Waals surface area contributed by atoms with E-state index in [1.54, 1.807) is 0 Å². The Morgan fingerprint density at radius 1 is 0.741 bits per heavy atom. The SMILES string of the molecule is O=S(=O)(c1ccc(F)cc1)N1CCN(c2ccc(N3CCCC3)nn2)CC1. The first-order chi connectivity index (χ1) is 13.0. The van der Waals surface area contributed by atoms with Crippen molar-refractivity contribution >= 4 is 21.7 Å². The van der Waals surface area contributed by atoms with Gasteiger partial charge in [0.2, 0.25) is 10.0 Å². The van der Waals surface area contributed by atoms with Gasteiger partial charge in [-0.15, -0.1) is 10.2 Å². The molecule has 0 radical (unpaired) electrons. The van der Waals surface area contributed by atoms with E-state index in [4.69, 9.17) is 0 Å². The van der Waals surface area contributed by atoms with Crippen LogP contribution in [0, 0.1) is 5.82 Å². The Morgan fingerprint density at radius 3 is 1.78 bits per heavy atom. The van der Waals surface area contributed by atoms with Gasteiger partial charge in [0.15, 0.2) is 11.6 Å². The Bertz CT molecular complexity index is 875. The highest BCUT2D eigenvalue weighted by atomic mass is 32.2. The minimum atomic E-state index is -3.60. The lowest BCUT2D eigenvalue weighted by Crippen LogP contribution is -2.49. The van der Waals surface area contributed by atoms with Crippen molar-refractivity contribution in [2.24, 2.45) is 0 Å². The van der Waals surface area contributed by atoms with E-state index < -0.39 is 15.8 Å². The molecule has 0 aliphatic carbocycles. The maximum absolute atomic E-state index is 13.1. The second-order valence-corrected chi connectivity index (χ2v) is 8.73. The fourth-order valence-electron chi connectivity index (χ4n) is 3.51. The van der Waals surface area contributed by atoms with Crippen LogP contribution in [-0.4, -0.2) is 62.2 Å². The summed E-state index contributed by atoms with van der Waals surface area (Å²) in [7, 11) is -3.60. The Kier molecular flexibility index (Phi) is 4.96. The van der Waals surface area contributed by atoms with Crippen molar-refractivity contribution in [3.63, 3.8) is 0 Å². The molecule has 9 heteroatoms. The third kappa shape index (κ3) is 3.74. The number of hydrogen-bond donors (Lipinski definition) is 0. The quantitative estimate of drug-likeness (QED) is 0.791. The number of hydrogen-bond acceptors (Lipinski definition) is 6. The molecule has 7 nitrogen and oxygen atoms in total. The molecule has 4 rings (SSSR count). The number of rotatable bonds is 4. The summed E-state index contributed by atoms with van der Waals surface area (Å²) < 4.78 is 39.9. The van der Waals surface area contributed by atoms with Crippen LogP contribution in [-0.2, 0) is 10.0 Å². The molecule has 2 fully saturated rings. The van der Waals surface area contributed by atoms with Crippen LogP contribution in [0.1, 0.15) is 12.8 Å². The van der Waals surface area contributed by atoms with E-state index in [0.29, 0.717) is 26.2 Å². The number of anilines is 2. The molecule has 0 spiro atoms. The topological polar surface area (TPSA) is 69.6 Å². The molecule has 0 N–H and O–H groups in total. The molecule has 3 heterocycles. The summed E-state index contributed by atoms with van der Waals surface area (Å²) in [5.74, 6) is 1.21. The Labute approximate surface area is 158 Å². The largest absolute Gasteiger partial charge is 0.355 e. The molecule has 144 valence electrons. The van der Waals surface area contributed by atoms with Gasteiger partial charge in [0.25, 0.3) is 0 Å². The Hall–Kier alpha value is -2.26. The van der Waals surface area contributed by atoms with E-state index in [9.17, 15) is 12.8 Å². The summed E-state index contributed by atoms with van der Waals surface area (Å²) in [6.07, 6.45) is 2.38. The van der Waals surface area contributed by atoms with Gasteiger partial charge in [-0.3, -0.25) is 0 Å². The highest BCUT2D eigenvalue weighted by molar-refractivity contribution is 7.89. The Morgan fingerprint density at radius 2 is 1.26 bits per heavy atom. The molecule has 2 aliphatic heterocycles. The summed E-state index contributed by atoms with van der Waals surface area (Å²) in [5, 5.41) is 8.65. The van der Waals surface area contributed by atoms with Gasteiger partial charge in [-0.1, -0.05) is 0 Å². The standard InChI is InChI=1S/C18H22FN5O2S/c19-15-3-5-16(6-4-15)27(25,26)24-13-11-23(12-14-24)18-8-7-17(20-21-18)22-9-1-2-10-22/h3-8H,1-2,9-14H2. The van der Waals surface area contributed by atoms with Crippen LogP contribution in [0.15, 0.2) is 41.3 Å². The zero-order valence-electron chi connectivity index (χ0n) is 15.0. The van der Waals surface area contributed by atoms with E-state index in [2.05, 4.69) is 15.1 Å². The molecular weight excluding hydrogens is 369 g/mol. The predicted octanol–water partition coefficient (Wildman–Crippen LogP) is 1.73. The average molecular weight is 391 g/mol. The molecule has 1 aromatic carbocycles. The van der Waals surface area contributed by atoms with E-state index in [0.717, 1.165) is 24.7 Å². The van der Waals surface area contributed by atoms with Gasteiger partial charge in [-0.25, -0.2) is 12.8 Å². The van der Waals surface area contributed by atoms with Crippen molar-refractivity contribution in [1.29, 1.82) is 0 Å². The molecule has 2 aliphatic rings. The van der Waals surface area contributed by atoms with Crippen molar-refractivity contribution in [3.8, 4) is 0 Å². The van der Waals surface area contributed by atoms with Crippen LogP contribution in [0.5, 0.6) is 0 Å². The first-order valence-corrected chi connectivity index (χ1v) is 10.6. The highest BCUT2D eigenvalue weighted by Gasteiger charge is 2.29. The number of benzene rings is 1. The smallest absolute Gasteiger partial charge is 0.243 e. The van der Waals surface area contributed by atoms with Gasteiger partial charge < -0.3 is 9.80 Å². The molecule has 0 atom stereocenters. The normalized spacial score (nSPS) is 18.9. The number of nitrogens with zero attached hydrogens (tertiary/aromatic N) is 5. The third-order valence-electron chi connectivity index (χ3n) is 5.08. The lowest BCUT2D eigenvalue weighted by Gasteiger charge is -2.34. The maximum Gasteiger partial charge on any atom is 0.243 e. The lowest BCUT2D eigenvalue weighted by molar-refractivity contribution is 0.383. The predicted molar refractivity (Wildman–Crippen MR) is 101 cm³/mol. The van der Waals surface area contributed by atoms with Gasteiger partial charge in [0.1, 0.15) is 5.82 Å².